The predicted molar refractivity (Wildman–Crippen MR) is 63.4 cm³/mol. The van der Waals surface area contributed by atoms with E-state index in [9.17, 15) is 4.79 Å². The fraction of sp³-hybridized carbons (Fsp3) is 0.417. The van der Waals surface area contributed by atoms with Crippen molar-refractivity contribution in [3.05, 3.63) is 29.3 Å². The lowest BCUT2D eigenvalue weighted by molar-refractivity contribution is -0.0447. The summed E-state index contributed by atoms with van der Waals surface area (Å²) in [6, 6.07) is 4.96. The van der Waals surface area contributed by atoms with Crippen molar-refractivity contribution >= 4 is 11.7 Å². The van der Waals surface area contributed by atoms with Crippen LogP contribution in [0.15, 0.2) is 18.2 Å². The van der Waals surface area contributed by atoms with E-state index in [1.54, 1.807) is 25.1 Å². The minimum Gasteiger partial charge on any atom is -0.462 e. The van der Waals surface area contributed by atoms with Gasteiger partial charge >= 0.3 is 5.97 Å². The summed E-state index contributed by atoms with van der Waals surface area (Å²) in [7, 11) is 0. The van der Waals surface area contributed by atoms with Crippen LogP contribution in [0.5, 0.6) is 0 Å². The number of aliphatic hydroxyl groups is 2. The van der Waals surface area contributed by atoms with E-state index in [0.717, 1.165) is 5.56 Å². The molecule has 0 atom stereocenters. The van der Waals surface area contributed by atoms with Gasteiger partial charge in [0.25, 0.3) is 0 Å². The lowest BCUT2D eigenvalue weighted by atomic mass is 10.1. The molecular formula is C12H17NO4. The van der Waals surface area contributed by atoms with Crippen molar-refractivity contribution in [3.63, 3.8) is 0 Å². The smallest absolute Gasteiger partial charge is 0.340 e. The number of nitrogens with two attached hydrogens (primary N) is 1. The molecule has 0 fully saturated rings. The molecule has 0 saturated heterocycles. The maximum absolute atomic E-state index is 11.5. The van der Waals surface area contributed by atoms with E-state index in [1.165, 1.54) is 0 Å². The van der Waals surface area contributed by atoms with Crippen molar-refractivity contribution in [3.8, 4) is 0 Å². The van der Waals surface area contributed by atoms with Crippen LogP contribution in [0.1, 0.15) is 29.3 Å². The molecule has 1 aromatic rings. The molecule has 0 heterocycles. The predicted octanol–water partition coefficient (Wildman–Crippen LogP) is 0.689. The van der Waals surface area contributed by atoms with Crippen molar-refractivity contribution in [2.75, 3.05) is 12.3 Å². The number of aryl methyl sites for hydroxylation is 1. The topological polar surface area (TPSA) is 92.8 Å². The number of carbonyl (C=O) groups excluding carboxylic acids is 1. The molecule has 0 unspecified atom stereocenters. The number of carbonyl (C=O) groups is 1. The van der Waals surface area contributed by atoms with Gasteiger partial charge in [0.15, 0.2) is 6.29 Å². The number of anilines is 1. The monoisotopic (exact) mass is 239 g/mol. The number of rotatable bonds is 5. The van der Waals surface area contributed by atoms with Crippen LogP contribution >= 0.6 is 0 Å². The van der Waals surface area contributed by atoms with E-state index in [0.29, 0.717) is 24.3 Å². The highest BCUT2D eigenvalue weighted by Gasteiger charge is 2.11. The third kappa shape index (κ3) is 4.05. The maximum Gasteiger partial charge on any atom is 0.340 e. The number of hydrogen-bond acceptors (Lipinski definition) is 5. The number of aliphatic hydroxyl groups excluding tert-OH is 1. The molecule has 0 aliphatic carbocycles. The molecular weight excluding hydrogens is 222 g/mol. The standard InChI is InChI=1S/C12H17NO4/c1-2-17-12(16)9-5-3-8(7-10(9)13)4-6-11(14)15/h3,5,7,11,14-15H,2,4,6,13H2,1H3. The number of nitrogen functional groups attached to an aromatic ring is 1. The summed E-state index contributed by atoms with van der Waals surface area (Å²) >= 11 is 0. The van der Waals surface area contributed by atoms with Crippen LogP contribution in [0.2, 0.25) is 0 Å². The molecule has 0 aliphatic heterocycles. The normalized spacial score (nSPS) is 10.6. The molecule has 5 heteroatoms. The molecule has 0 radical (unpaired) electrons. The first-order valence-electron chi connectivity index (χ1n) is 5.46. The summed E-state index contributed by atoms with van der Waals surface area (Å²) < 4.78 is 4.85. The second-order valence-electron chi connectivity index (χ2n) is 3.66. The molecule has 94 valence electrons. The van der Waals surface area contributed by atoms with E-state index < -0.39 is 12.3 Å². The molecule has 1 aromatic carbocycles. The Hall–Kier alpha value is -1.59. The molecule has 0 aliphatic rings. The molecule has 0 saturated carbocycles. The van der Waals surface area contributed by atoms with Gasteiger partial charge in [-0.2, -0.15) is 0 Å². The molecule has 5 nitrogen and oxygen atoms in total. The first-order chi connectivity index (χ1) is 8.04. The number of hydrogen-bond donors (Lipinski definition) is 3. The van der Waals surface area contributed by atoms with E-state index in [4.69, 9.17) is 20.7 Å². The summed E-state index contributed by atoms with van der Waals surface area (Å²) in [4.78, 5) is 11.5. The Bertz CT molecular complexity index is 390. The van der Waals surface area contributed by atoms with Gasteiger partial charge < -0.3 is 20.7 Å². The van der Waals surface area contributed by atoms with Gasteiger partial charge in [0.05, 0.1) is 12.2 Å². The van der Waals surface area contributed by atoms with E-state index in [2.05, 4.69) is 0 Å². The number of ether oxygens (including phenoxy) is 1. The van der Waals surface area contributed by atoms with E-state index in [1.807, 2.05) is 0 Å². The number of benzene rings is 1. The van der Waals surface area contributed by atoms with Gasteiger partial charge in [-0.3, -0.25) is 0 Å². The van der Waals surface area contributed by atoms with Crippen molar-refractivity contribution in [2.45, 2.75) is 26.1 Å². The largest absolute Gasteiger partial charge is 0.462 e. The minimum absolute atomic E-state index is 0.234. The highest BCUT2D eigenvalue weighted by Crippen LogP contribution is 2.17. The van der Waals surface area contributed by atoms with Crippen molar-refractivity contribution in [1.82, 2.24) is 0 Å². The Kier molecular flexibility index (Phi) is 4.93. The fourth-order valence-electron chi connectivity index (χ4n) is 1.46. The van der Waals surface area contributed by atoms with Gasteiger partial charge in [0, 0.05) is 12.1 Å². The molecule has 0 bridgehead atoms. The van der Waals surface area contributed by atoms with E-state index in [-0.39, 0.29) is 6.42 Å². The van der Waals surface area contributed by atoms with Crippen LogP contribution < -0.4 is 5.73 Å². The molecule has 4 N–H and O–H groups in total. The zero-order valence-electron chi connectivity index (χ0n) is 9.72. The zero-order chi connectivity index (χ0) is 12.8. The van der Waals surface area contributed by atoms with Crippen LogP contribution in [-0.2, 0) is 11.2 Å². The Morgan fingerprint density at radius 2 is 2.18 bits per heavy atom. The van der Waals surface area contributed by atoms with Gasteiger partial charge in [-0.25, -0.2) is 4.79 Å². The Balaban J connectivity index is 2.75. The van der Waals surface area contributed by atoms with Gasteiger partial charge in [0.1, 0.15) is 0 Å². The highest BCUT2D eigenvalue weighted by molar-refractivity contribution is 5.95. The summed E-state index contributed by atoms with van der Waals surface area (Å²) in [5.74, 6) is -0.446. The molecule has 0 spiro atoms. The summed E-state index contributed by atoms with van der Waals surface area (Å²) in [5, 5.41) is 17.5. The number of esters is 1. The first kappa shape index (κ1) is 13.5. The Morgan fingerprint density at radius 3 is 2.71 bits per heavy atom. The second kappa shape index (κ2) is 6.22. The minimum atomic E-state index is -1.33. The van der Waals surface area contributed by atoms with Crippen LogP contribution in [0.3, 0.4) is 0 Å². The van der Waals surface area contributed by atoms with Crippen LogP contribution in [0.4, 0.5) is 5.69 Å². The van der Waals surface area contributed by atoms with Gasteiger partial charge in [0.2, 0.25) is 0 Å². The lowest BCUT2D eigenvalue weighted by Gasteiger charge is -2.08. The molecule has 17 heavy (non-hydrogen) atoms. The third-order valence-corrected chi connectivity index (χ3v) is 2.30. The van der Waals surface area contributed by atoms with Gasteiger partial charge in [-0.15, -0.1) is 0 Å². The van der Waals surface area contributed by atoms with Crippen LogP contribution in [-0.4, -0.2) is 29.1 Å². The van der Waals surface area contributed by atoms with Gasteiger partial charge in [-0.1, -0.05) is 6.07 Å². The zero-order valence-corrected chi connectivity index (χ0v) is 9.72. The molecule has 0 amide bonds. The molecule has 0 aromatic heterocycles. The Labute approximate surface area is 99.8 Å². The van der Waals surface area contributed by atoms with Crippen molar-refractivity contribution in [1.29, 1.82) is 0 Å². The maximum atomic E-state index is 11.5. The third-order valence-electron chi connectivity index (χ3n) is 2.30. The first-order valence-corrected chi connectivity index (χ1v) is 5.46. The van der Waals surface area contributed by atoms with Crippen LogP contribution in [0, 0.1) is 0 Å². The highest BCUT2D eigenvalue weighted by atomic mass is 16.5. The van der Waals surface area contributed by atoms with Gasteiger partial charge in [-0.05, 0) is 31.0 Å². The summed E-state index contributed by atoms with van der Waals surface area (Å²) in [5.41, 5.74) is 7.26. The Morgan fingerprint density at radius 1 is 1.47 bits per heavy atom. The lowest BCUT2D eigenvalue weighted by Crippen LogP contribution is -2.09. The second-order valence-corrected chi connectivity index (χ2v) is 3.66. The SMILES string of the molecule is CCOC(=O)c1ccc(CCC(O)O)cc1N. The molecule has 1 rings (SSSR count). The average molecular weight is 239 g/mol. The van der Waals surface area contributed by atoms with Crippen molar-refractivity contribution < 1.29 is 19.7 Å². The van der Waals surface area contributed by atoms with Crippen molar-refractivity contribution in [2.24, 2.45) is 0 Å². The fourth-order valence-corrected chi connectivity index (χ4v) is 1.46. The van der Waals surface area contributed by atoms with Crippen LogP contribution in [0.25, 0.3) is 0 Å². The summed E-state index contributed by atoms with van der Waals surface area (Å²) in [6.07, 6.45) is -0.607. The quantitative estimate of drug-likeness (QED) is 0.399. The summed E-state index contributed by atoms with van der Waals surface area (Å²) in [6.45, 7) is 2.03. The average Bonchev–Trinajstić information content (AvgIpc) is 2.26. The van der Waals surface area contributed by atoms with E-state index >= 15 is 0 Å².